The molecule has 7 heteroatoms. The first-order chi connectivity index (χ1) is 12.9. The van der Waals surface area contributed by atoms with E-state index in [1.54, 1.807) is 36.4 Å². The van der Waals surface area contributed by atoms with Crippen LogP contribution in [-0.2, 0) is 21.7 Å². The van der Waals surface area contributed by atoms with Gasteiger partial charge in [0.15, 0.2) is 0 Å². The number of methoxy groups -OCH3 is 1. The Labute approximate surface area is 156 Å². The molecule has 1 fully saturated rings. The average Bonchev–Trinajstić information content (AvgIpc) is 3.06. The van der Waals surface area contributed by atoms with E-state index in [0.717, 1.165) is 10.5 Å². The molecule has 2 atom stereocenters. The molecule has 7 nitrogen and oxygen atoms in total. The average molecular weight is 371 g/mol. The zero-order valence-corrected chi connectivity index (χ0v) is 14.9. The Bertz CT molecular complexity index is 824. The Kier molecular flexibility index (Phi) is 5.32. The summed E-state index contributed by atoms with van der Waals surface area (Å²) in [6.45, 7) is -0.173. The molecule has 2 N–H and O–H groups in total. The number of aliphatic hydroxyl groups is 1. The Morgan fingerprint density at radius 3 is 2.48 bits per heavy atom. The molecule has 142 valence electrons. The lowest BCUT2D eigenvalue weighted by atomic mass is 9.90. The summed E-state index contributed by atoms with van der Waals surface area (Å²) in [4.78, 5) is 25.2. The van der Waals surface area contributed by atoms with Crippen LogP contribution in [0.2, 0.25) is 0 Å². The number of ether oxygens (including phenoxy) is 2. The summed E-state index contributed by atoms with van der Waals surface area (Å²) in [6.07, 6.45) is -0.930. The monoisotopic (exact) mass is 371 g/mol. The first-order valence-electron chi connectivity index (χ1n) is 8.50. The maximum Gasteiger partial charge on any atom is 0.410 e. The first kappa shape index (κ1) is 18.7. The number of amides is 1. The fourth-order valence-electron chi connectivity index (χ4n) is 3.33. The fourth-order valence-corrected chi connectivity index (χ4v) is 3.33. The molecule has 0 aromatic heterocycles. The van der Waals surface area contributed by atoms with Gasteiger partial charge in [0.25, 0.3) is 0 Å². The van der Waals surface area contributed by atoms with E-state index in [1.807, 2.05) is 18.2 Å². The van der Waals surface area contributed by atoms with Gasteiger partial charge in [-0.05, 0) is 11.6 Å². The van der Waals surface area contributed by atoms with Gasteiger partial charge in [-0.3, -0.25) is 4.90 Å². The molecule has 1 unspecified atom stereocenters. The normalized spacial score (nSPS) is 21.7. The molecule has 2 aromatic carbocycles. The number of hydrogen-bond donors (Lipinski definition) is 2. The Morgan fingerprint density at radius 2 is 1.81 bits per heavy atom. The third kappa shape index (κ3) is 3.88. The summed E-state index contributed by atoms with van der Waals surface area (Å²) in [5, 5.41) is 20.6. The summed E-state index contributed by atoms with van der Waals surface area (Å²) in [6, 6.07) is 14.7. The first-order valence-corrected chi connectivity index (χ1v) is 8.50. The lowest BCUT2D eigenvalue weighted by Gasteiger charge is -2.25. The van der Waals surface area contributed by atoms with Gasteiger partial charge in [0.1, 0.15) is 24.0 Å². The number of rotatable bonds is 5. The van der Waals surface area contributed by atoms with E-state index in [9.17, 15) is 19.8 Å². The highest BCUT2D eigenvalue weighted by Crippen LogP contribution is 2.40. The molecule has 0 radical (unpaired) electrons. The minimum atomic E-state index is -1.54. The summed E-state index contributed by atoms with van der Waals surface area (Å²) >= 11 is 0. The minimum absolute atomic E-state index is 0.0234. The van der Waals surface area contributed by atoms with E-state index in [0.29, 0.717) is 11.3 Å². The second-order valence-corrected chi connectivity index (χ2v) is 6.46. The van der Waals surface area contributed by atoms with Crippen LogP contribution < -0.4 is 4.74 Å². The molecule has 27 heavy (non-hydrogen) atoms. The second kappa shape index (κ2) is 7.67. The highest BCUT2D eigenvalue weighted by Gasteiger charge is 2.50. The van der Waals surface area contributed by atoms with Gasteiger partial charge in [0, 0.05) is 12.0 Å². The molecule has 1 saturated heterocycles. The van der Waals surface area contributed by atoms with E-state index in [1.165, 1.54) is 7.11 Å². The molecule has 0 saturated carbocycles. The van der Waals surface area contributed by atoms with Gasteiger partial charge >= 0.3 is 12.1 Å². The number of β-amino-alcohol motifs (C(OH)–C–C–N with tert-alkyl or cyclic N) is 1. The summed E-state index contributed by atoms with van der Waals surface area (Å²) in [5.41, 5.74) is -0.310. The number of hydrogen-bond acceptors (Lipinski definition) is 5. The molecular formula is C20H21NO6. The third-order valence-corrected chi connectivity index (χ3v) is 4.67. The van der Waals surface area contributed by atoms with Crippen molar-refractivity contribution in [3.8, 4) is 5.75 Å². The van der Waals surface area contributed by atoms with Gasteiger partial charge in [-0.1, -0.05) is 48.5 Å². The van der Waals surface area contributed by atoms with Crippen molar-refractivity contribution in [3.63, 3.8) is 0 Å². The van der Waals surface area contributed by atoms with Crippen LogP contribution >= 0.6 is 0 Å². The molecule has 2 aromatic rings. The summed E-state index contributed by atoms with van der Waals surface area (Å²) in [7, 11) is 1.47. The van der Waals surface area contributed by atoms with Gasteiger partial charge in [-0.25, -0.2) is 9.59 Å². The van der Waals surface area contributed by atoms with Crippen molar-refractivity contribution < 1.29 is 29.3 Å². The van der Waals surface area contributed by atoms with E-state index < -0.39 is 23.7 Å². The highest BCUT2D eigenvalue weighted by molar-refractivity contribution is 5.81. The Morgan fingerprint density at radius 1 is 1.15 bits per heavy atom. The van der Waals surface area contributed by atoms with Crippen LogP contribution in [0.1, 0.15) is 17.5 Å². The lowest BCUT2D eigenvalue weighted by Crippen LogP contribution is -2.41. The van der Waals surface area contributed by atoms with Crippen LogP contribution in [0, 0.1) is 0 Å². The van der Waals surface area contributed by atoms with E-state index in [2.05, 4.69) is 0 Å². The zero-order valence-electron chi connectivity index (χ0n) is 14.9. The number of carbonyl (C=O) groups excluding carboxylic acids is 1. The van der Waals surface area contributed by atoms with Crippen molar-refractivity contribution in [2.24, 2.45) is 0 Å². The van der Waals surface area contributed by atoms with Crippen molar-refractivity contribution >= 4 is 12.1 Å². The maximum atomic E-state index is 12.5. The van der Waals surface area contributed by atoms with Gasteiger partial charge in [0.05, 0.1) is 13.7 Å². The van der Waals surface area contributed by atoms with E-state index >= 15 is 0 Å². The fraction of sp³-hybridized carbons (Fsp3) is 0.300. The number of para-hydroxylation sites is 1. The van der Waals surface area contributed by atoms with Crippen molar-refractivity contribution in [1.29, 1.82) is 0 Å². The smallest absolute Gasteiger partial charge is 0.410 e. The Balaban J connectivity index is 1.80. The number of carbonyl (C=O) groups is 2. The topological polar surface area (TPSA) is 96.3 Å². The molecular weight excluding hydrogens is 350 g/mol. The van der Waals surface area contributed by atoms with Crippen LogP contribution in [0.15, 0.2) is 54.6 Å². The molecule has 0 bridgehead atoms. The quantitative estimate of drug-likeness (QED) is 0.838. The highest BCUT2D eigenvalue weighted by atomic mass is 16.6. The van der Waals surface area contributed by atoms with E-state index in [4.69, 9.17) is 9.47 Å². The van der Waals surface area contributed by atoms with Crippen LogP contribution in [-0.4, -0.2) is 46.9 Å². The Hall–Kier alpha value is -3.06. The number of carboxylic acids is 1. The largest absolute Gasteiger partial charge is 0.496 e. The van der Waals surface area contributed by atoms with Crippen LogP contribution in [0.4, 0.5) is 4.79 Å². The van der Waals surface area contributed by atoms with Crippen molar-refractivity contribution in [3.05, 3.63) is 65.7 Å². The van der Waals surface area contributed by atoms with E-state index in [-0.39, 0.29) is 19.6 Å². The second-order valence-electron chi connectivity index (χ2n) is 6.46. The molecule has 1 heterocycles. The van der Waals surface area contributed by atoms with Crippen molar-refractivity contribution in [1.82, 2.24) is 4.90 Å². The predicted molar refractivity (Wildman–Crippen MR) is 96.3 cm³/mol. The van der Waals surface area contributed by atoms with Crippen LogP contribution in [0.3, 0.4) is 0 Å². The summed E-state index contributed by atoms with van der Waals surface area (Å²) in [5.74, 6) is -0.763. The van der Waals surface area contributed by atoms with Crippen LogP contribution in [0.5, 0.6) is 5.75 Å². The zero-order chi connectivity index (χ0) is 19.4. The molecule has 1 aliphatic heterocycles. The molecule has 1 aliphatic rings. The predicted octanol–water partition coefficient (Wildman–Crippen LogP) is 2.38. The number of nitrogens with zero attached hydrogens (tertiary/aromatic N) is 1. The number of likely N-dealkylation sites (tertiary alicyclic amines) is 1. The van der Waals surface area contributed by atoms with Gasteiger partial charge in [-0.15, -0.1) is 0 Å². The SMILES string of the molecule is COc1ccccc1C1(O)C[C@@H](C(=O)O)N(C(=O)OCc2ccccc2)C1. The molecule has 0 spiro atoms. The van der Waals surface area contributed by atoms with Crippen molar-refractivity contribution in [2.45, 2.75) is 24.7 Å². The van der Waals surface area contributed by atoms with Crippen molar-refractivity contribution in [2.75, 3.05) is 13.7 Å². The maximum absolute atomic E-state index is 12.5. The number of aliphatic carboxylic acids is 1. The molecule has 0 aliphatic carbocycles. The lowest BCUT2D eigenvalue weighted by molar-refractivity contribution is -0.141. The van der Waals surface area contributed by atoms with Gasteiger partial charge in [-0.2, -0.15) is 0 Å². The number of benzene rings is 2. The summed E-state index contributed by atoms with van der Waals surface area (Å²) < 4.78 is 10.5. The standard InChI is InChI=1S/C20H21NO6/c1-26-17-10-6-5-9-15(17)20(25)11-16(18(22)23)21(13-20)19(24)27-12-14-7-3-2-4-8-14/h2-10,16,25H,11-13H2,1H3,(H,22,23)/t16-,20?/m0/s1. The van der Waals surface area contributed by atoms with Gasteiger partial charge < -0.3 is 19.7 Å². The van der Waals surface area contributed by atoms with Gasteiger partial charge in [0.2, 0.25) is 0 Å². The third-order valence-electron chi connectivity index (χ3n) is 4.67. The number of carboxylic acid groups (broad SMARTS) is 1. The van der Waals surface area contributed by atoms with Crippen LogP contribution in [0.25, 0.3) is 0 Å². The molecule has 1 amide bonds. The minimum Gasteiger partial charge on any atom is -0.496 e. The molecule has 3 rings (SSSR count).